The molecule has 0 atom stereocenters. The molecule has 0 amide bonds. The first-order chi connectivity index (χ1) is 5.47. The van der Waals surface area contributed by atoms with E-state index in [0.717, 1.165) is 0 Å². The molecule has 0 saturated heterocycles. The van der Waals surface area contributed by atoms with Crippen LogP contribution in [0, 0.1) is 10.8 Å². The summed E-state index contributed by atoms with van der Waals surface area (Å²) in [5.41, 5.74) is 1.21. The van der Waals surface area contributed by atoms with Gasteiger partial charge in [-0.15, -0.1) is 0 Å². The summed E-state index contributed by atoms with van der Waals surface area (Å²) in [5.74, 6) is 0. The van der Waals surface area contributed by atoms with Crippen molar-refractivity contribution in [1.82, 2.24) is 0 Å². The predicted molar refractivity (Wildman–Crippen MR) is 48.9 cm³/mol. The molecule has 2 bridgehead atoms. The van der Waals surface area contributed by atoms with Gasteiger partial charge in [-0.2, -0.15) is 0 Å². The van der Waals surface area contributed by atoms with E-state index in [-0.39, 0.29) is 0 Å². The second kappa shape index (κ2) is 2.62. The molecule has 0 aromatic carbocycles. The van der Waals surface area contributed by atoms with Gasteiger partial charge in [0.05, 0.1) is 0 Å². The Balaban J connectivity index is 2.42. The van der Waals surface area contributed by atoms with Crippen LogP contribution >= 0.6 is 8.25 Å². The monoisotopic (exact) mass is 374 g/mol. The van der Waals surface area contributed by atoms with Crippen molar-refractivity contribution in [2.24, 2.45) is 10.8 Å². The van der Waals surface area contributed by atoms with E-state index in [0.29, 0.717) is 13.8 Å². The summed E-state index contributed by atoms with van der Waals surface area (Å²) in [6.45, 7) is 7.45. The summed E-state index contributed by atoms with van der Waals surface area (Å²) in [4.78, 5) is 0. The average Bonchev–Trinajstić information content (AvgIpc) is 2.34. The molecule has 2 heteroatoms. The third kappa shape index (κ3) is 0.894. The third-order valence-electron chi connectivity index (χ3n) is 5.40. The number of hydrogen-bond acceptors (Lipinski definition) is 0. The molecule has 66 valence electrons. The van der Waals surface area contributed by atoms with Gasteiger partial charge in [0.25, 0.3) is 0 Å². The van der Waals surface area contributed by atoms with Crippen LogP contribution < -0.4 is 0 Å². The second-order valence-electron chi connectivity index (χ2n) is 5.60. The van der Waals surface area contributed by atoms with Gasteiger partial charge < -0.3 is 0 Å². The van der Waals surface area contributed by atoms with Crippen LogP contribution in [0.15, 0.2) is 0 Å². The molecule has 0 unspecified atom stereocenters. The van der Waals surface area contributed by atoms with Crippen molar-refractivity contribution in [2.45, 2.75) is 49.4 Å². The number of hydrogen-bond donors (Lipinski definition) is 0. The Bertz CT molecular complexity index is 202. The second-order valence-corrected chi connectivity index (χ2v) is 14.2. The SMILES string of the molecule is CC12CC[C]([Hg][Cl])(CC1)C2(C)C. The maximum absolute atomic E-state index is 6.36. The Labute approximate surface area is 91.3 Å². The molecule has 2 rings (SSSR count). The molecule has 12 heavy (non-hydrogen) atoms. The Kier molecular flexibility index (Phi) is 2.14. The Morgan fingerprint density at radius 3 is 1.67 bits per heavy atom. The summed E-state index contributed by atoms with van der Waals surface area (Å²) in [6, 6.07) is 0. The molecule has 2 saturated carbocycles. The van der Waals surface area contributed by atoms with Gasteiger partial charge in [-0.3, -0.25) is 0 Å². The first-order valence-electron chi connectivity index (χ1n) is 5.04. The molecule has 0 aromatic heterocycles. The minimum absolute atomic E-state index is 0.573. The van der Waals surface area contributed by atoms with E-state index in [1.807, 2.05) is 0 Å². The van der Waals surface area contributed by atoms with Crippen molar-refractivity contribution in [2.75, 3.05) is 0 Å². The van der Waals surface area contributed by atoms with Crippen LogP contribution in [-0.2, 0) is 23.3 Å². The summed E-state index contributed by atoms with van der Waals surface area (Å²) in [6.07, 6.45) is 5.82. The van der Waals surface area contributed by atoms with E-state index in [4.69, 9.17) is 8.25 Å². The van der Waals surface area contributed by atoms with E-state index in [9.17, 15) is 0 Å². The van der Waals surface area contributed by atoms with Crippen LogP contribution in [0.4, 0.5) is 0 Å². The molecule has 0 radical (unpaired) electrons. The van der Waals surface area contributed by atoms with E-state index in [1.165, 1.54) is 25.7 Å². The maximum atomic E-state index is 6.36. The van der Waals surface area contributed by atoms with Crippen LogP contribution in [0.5, 0.6) is 0 Å². The van der Waals surface area contributed by atoms with Gasteiger partial charge in [-0.05, 0) is 0 Å². The minimum atomic E-state index is -1.07. The number of rotatable bonds is 1. The third-order valence-corrected chi connectivity index (χ3v) is 18.1. The zero-order chi connectivity index (χ0) is 9.04. The fraction of sp³-hybridized carbons (Fsp3) is 1.00. The summed E-state index contributed by atoms with van der Waals surface area (Å²) < 4.78 is 0.698. The van der Waals surface area contributed by atoms with Crippen LogP contribution in [0.1, 0.15) is 46.5 Å². The predicted octanol–water partition coefficient (Wildman–Crippen LogP) is 4.00. The summed E-state index contributed by atoms with van der Waals surface area (Å²) >= 11 is -1.07. The van der Waals surface area contributed by atoms with Crippen molar-refractivity contribution in [1.29, 1.82) is 0 Å². The molecule has 2 aliphatic carbocycles. The van der Waals surface area contributed by atoms with E-state index < -0.39 is 23.3 Å². The van der Waals surface area contributed by atoms with Crippen molar-refractivity contribution in [3.8, 4) is 0 Å². The first-order valence-corrected chi connectivity index (χ1v) is 14.6. The van der Waals surface area contributed by atoms with Crippen molar-refractivity contribution < 1.29 is 23.3 Å². The molecule has 0 spiro atoms. The quantitative estimate of drug-likeness (QED) is 0.610. The topological polar surface area (TPSA) is 0 Å². The van der Waals surface area contributed by atoms with E-state index in [1.54, 1.807) is 0 Å². The van der Waals surface area contributed by atoms with Gasteiger partial charge in [0.15, 0.2) is 0 Å². The van der Waals surface area contributed by atoms with Crippen LogP contribution in [0.3, 0.4) is 0 Å². The molecule has 2 aliphatic rings. The Morgan fingerprint density at radius 1 is 1.00 bits per heavy atom. The van der Waals surface area contributed by atoms with Gasteiger partial charge in [-0.1, -0.05) is 0 Å². The van der Waals surface area contributed by atoms with Gasteiger partial charge in [0, 0.05) is 0 Å². The molecule has 2 fully saturated rings. The zero-order valence-corrected chi connectivity index (χ0v) is 14.7. The fourth-order valence-corrected chi connectivity index (χ4v) is 14.1. The van der Waals surface area contributed by atoms with Crippen LogP contribution in [0.2, 0.25) is 2.92 Å². The fourth-order valence-electron chi connectivity index (χ4n) is 3.47. The molecule has 0 heterocycles. The summed E-state index contributed by atoms with van der Waals surface area (Å²) in [7, 11) is 6.36. The summed E-state index contributed by atoms with van der Waals surface area (Å²) in [5, 5.41) is 0. The molecule has 0 aromatic rings. The van der Waals surface area contributed by atoms with Crippen LogP contribution in [-0.4, -0.2) is 0 Å². The van der Waals surface area contributed by atoms with Crippen molar-refractivity contribution in [3.63, 3.8) is 0 Å². The van der Waals surface area contributed by atoms with Crippen LogP contribution in [0.25, 0.3) is 0 Å². The van der Waals surface area contributed by atoms with Gasteiger partial charge in [0.2, 0.25) is 0 Å². The zero-order valence-electron chi connectivity index (χ0n) is 8.41. The van der Waals surface area contributed by atoms with Gasteiger partial charge in [-0.25, -0.2) is 0 Å². The molecular formula is C10H17ClHg. The average molecular weight is 373 g/mol. The van der Waals surface area contributed by atoms with E-state index in [2.05, 4.69) is 20.8 Å². The van der Waals surface area contributed by atoms with Crippen molar-refractivity contribution in [3.05, 3.63) is 0 Å². The van der Waals surface area contributed by atoms with Crippen molar-refractivity contribution >= 4 is 8.25 Å². The first kappa shape index (κ1) is 9.77. The molecule has 0 nitrogen and oxygen atoms in total. The Morgan fingerprint density at radius 2 is 1.50 bits per heavy atom. The standard InChI is InChI=1S/C10H17.ClH.Hg/c1-9(2)8-4-6-10(9,3)7-5-8;;/h4-7H2,1-3H3;1H;/q;;+1/p-1. The number of halogens is 1. The van der Waals surface area contributed by atoms with Gasteiger partial charge >= 0.3 is 91.8 Å². The number of fused-ring (bicyclic) bond motifs is 2. The van der Waals surface area contributed by atoms with E-state index >= 15 is 0 Å². The van der Waals surface area contributed by atoms with Gasteiger partial charge in [0.1, 0.15) is 0 Å². The molecule has 0 aliphatic heterocycles. The molecule has 0 N–H and O–H groups in total. The molecular weight excluding hydrogens is 356 g/mol. The normalized spacial score (nSPS) is 49.3. The Hall–Kier alpha value is 1.23.